The molecule has 1 N–H and O–H groups in total. The summed E-state index contributed by atoms with van der Waals surface area (Å²) in [6.07, 6.45) is -1.66. The molecule has 67 heavy (non-hydrogen) atoms. The van der Waals surface area contributed by atoms with E-state index in [0.717, 1.165) is 17.8 Å². The van der Waals surface area contributed by atoms with Crippen molar-refractivity contribution >= 4 is 34.0 Å². The molecule has 0 saturated carbocycles. The van der Waals surface area contributed by atoms with Gasteiger partial charge in [-0.1, -0.05) is 42.5 Å². The van der Waals surface area contributed by atoms with E-state index in [-0.39, 0.29) is 5.56 Å². The number of benzene rings is 6. The molecule has 0 saturated heterocycles. The average Bonchev–Trinajstić information content (AvgIpc) is 3.32. The van der Waals surface area contributed by atoms with E-state index in [1.807, 2.05) is 41.2 Å². The van der Waals surface area contributed by atoms with E-state index in [2.05, 4.69) is 17.1 Å². The lowest BCUT2D eigenvalue weighted by molar-refractivity contribution is -0.688. The predicted molar refractivity (Wildman–Crippen MR) is 192 cm³/mol. The van der Waals surface area contributed by atoms with Crippen LogP contribution in [-0.2, 0) is 6.54 Å². The molecule has 0 bridgehead atoms. The zero-order valence-electron chi connectivity index (χ0n) is 32.0. The summed E-state index contributed by atoms with van der Waals surface area (Å²) in [4.78, 5) is 15.4. The molecule has 0 spiro atoms. The number of carboxylic acids is 1. The van der Waals surface area contributed by atoms with Crippen LogP contribution in [-0.4, -0.2) is 22.2 Å². The molecule has 0 aliphatic carbocycles. The first-order chi connectivity index (χ1) is 31.4. The minimum Gasteiger partial charge on any atom is -0.478 e. The maximum absolute atomic E-state index is 15.4. The van der Waals surface area contributed by atoms with Gasteiger partial charge >= 0.3 is 5.97 Å². The third-order valence-corrected chi connectivity index (χ3v) is 10.1. The lowest BCUT2D eigenvalue weighted by Crippen LogP contribution is -2.81. The van der Waals surface area contributed by atoms with Crippen LogP contribution in [0.25, 0.3) is 11.3 Å². The van der Waals surface area contributed by atoms with Gasteiger partial charge in [-0.05, 0) is 12.1 Å². The number of hydrogen-bond donors (Lipinski definition) is 1. The van der Waals surface area contributed by atoms with Gasteiger partial charge in [0.1, 0.15) is 58.4 Å². The Balaban J connectivity index is 0.000000279. The van der Waals surface area contributed by atoms with Crippen molar-refractivity contribution in [3.63, 3.8) is 0 Å². The molecule has 0 aliphatic heterocycles. The van der Waals surface area contributed by atoms with Crippen LogP contribution in [0.1, 0.15) is 15.9 Å². The second-order valence-corrected chi connectivity index (χ2v) is 13.8. The summed E-state index contributed by atoms with van der Waals surface area (Å²) in [5.74, 6) is -72.3. The van der Waals surface area contributed by atoms with Crippen LogP contribution in [0.15, 0.2) is 73.2 Å². The first-order valence-corrected chi connectivity index (χ1v) is 17.9. The van der Waals surface area contributed by atoms with Gasteiger partial charge < -0.3 is 5.11 Å². The number of aromatic carboxylic acids is 1. The molecule has 0 unspecified atom stereocenters. The van der Waals surface area contributed by atoms with Gasteiger partial charge in [-0.15, -0.1) is 21.9 Å². The Morgan fingerprint density at radius 1 is 0.448 bits per heavy atom. The fraction of sp³-hybridized carbons (Fsp3) is 0.0238. The van der Waals surface area contributed by atoms with E-state index in [4.69, 9.17) is 5.11 Å². The zero-order valence-corrected chi connectivity index (χ0v) is 32.0. The number of carbonyl (C=O) groups is 1. The lowest BCUT2D eigenvalue weighted by Gasteiger charge is -2.44. The highest BCUT2D eigenvalue weighted by atomic mass is 19.2. The Hall–Kier alpha value is -7.47. The van der Waals surface area contributed by atoms with Crippen LogP contribution in [0.2, 0.25) is 0 Å². The van der Waals surface area contributed by atoms with Gasteiger partial charge in [-0.2, -0.15) is 4.57 Å². The molecular weight excluding hydrogens is 955 g/mol. The van der Waals surface area contributed by atoms with Crippen LogP contribution in [0.3, 0.4) is 0 Å². The highest BCUT2D eigenvalue weighted by Crippen LogP contribution is 2.31. The first kappa shape index (κ1) is 49.0. The van der Waals surface area contributed by atoms with Crippen LogP contribution in [0, 0.1) is 116 Å². The van der Waals surface area contributed by atoms with Gasteiger partial charge in [0.25, 0.3) is 0 Å². The summed E-state index contributed by atoms with van der Waals surface area (Å²) in [5, 5.41) is 9.08. The summed E-state index contributed by atoms with van der Waals surface area (Å²) < 4.78 is 296. The molecular formula is C42H15BF20N2O2. The molecule has 0 fully saturated rings. The summed E-state index contributed by atoms with van der Waals surface area (Å²) in [7, 11) is 0. The Bertz CT molecular complexity index is 2770. The van der Waals surface area contributed by atoms with Crippen molar-refractivity contribution in [3.8, 4) is 11.3 Å². The largest absolute Gasteiger partial charge is 0.478 e. The Morgan fingerprint density at radius 3 is 1.10 bits per heavy atom. The zero-order chi connectivity index (χ0) is 49.7. The standard InChI is InChI=1S/C24BF20.C18H14N2O2/c26-5-1(6(27)14(35)21(42)13(5)34)25(2-7(28)15(36)22(43)16(37)8(2)29,3-9(30)17(38)23(44)18(39)10(3)31)4-11(32)19(40)24(45)20(41)12(4)33;21-18(22)16-8-4-7-15(11-16)17-13-20(10-9-19-17)12-14-5-2-1-3-6-14/h;1-11,13H,12H2/q-1;/p+1. The van der Waals surface area contributed by atoms with E-state index in [9.17, 15) is 57.5 Å². The summed E-state index contributed by atoms with van der Waals surface area (Å²) in [6.45, 7) is 0.745. The molecule has 0 atom stereocenters. The monoisotopic (exact) mass is 970 g/mol. The third-order valence-electron chi connectivity index (χ3n) is 10.1. The van der Waals surface area contributed by atoms with Crippen LogP contribution < -0.4 is 26.4 Å². The third kappa shape index (κ3) is 8.04. The minimum atomic E-state index is -7.22. The summed E-state index contributed by atoms with van der Waals surface area (Å²) >= 11 is 0. The van der Waals surface area contributed by atoms with Crippen molar-refractivity contribution in [3.05, 3.63) is 201 Å². The summed E-state index contributed by atoms with van der Waals surface area (Å²) in [6, 6.07) is 16.9. The smallest absolute Gasteiger partial charge is 0.335 e. The van der Waals surface area contributed by atoms with Gasteiger partial charge in [0.05, 0.1) is 11.8 Å². The fourth-order valence-corrected chi connectivity index (χ4v) is 7.16. The molecule has 7 rings (SSSR count). The van der Waals surface area contributed by atoms with Crippen molar-refractivity contribution < 1.29 is 102 Å². The van der Waals surface area contributed by atoms with Crippen LogP contribution >= 0.6 is 0 Å². The van der Waals surface area contributed by atoms with Gasteiger partial charge in [0.2, 0.25) is 0 Å². The second-order valence-electron chi connectivity index (χ2n) is 13.8. The molecule has 4 nitrogen and oxygen atoms in total. The maximum atomic E-state index is 15.4. The van der Waals surface area contributed by atoms with E-state index >= 15 is 35.1 Å². The van der Waals surface area contributed by atoms with Crippen molar-refractivity contribution in [2.45, 2.75) is 6.54 Å². The van der Waals surface area contributed by atoms with E-state index in [1.165, 1.54) is 5.56 Å². The van der Waals surface area contributed by atoms with E-state index in [1.54, 1.807) is 24.4 Å². The number of carboxylic acid groups (broad SMARTS) is 1. The molecule has 0 aliphatic rings. The van der Waals surface area contributed by atoms with Gasteiger partial charge in [-0.25, -0.2) is 97.6 Å². The molecule has 6 aromatic carbocycles. The molecule has 0 amide bonds. The Kier molecular flexibility index (Phi) is 13.5. The number of rotatable bonds is 8. The first-order valence-electron chi connectivity index (χ1n) is 17.9. The highest BCUT2D eigenvalue weighted by Gasteiger charge is 2.52. The normalized spacial score (nSPS) is 11.5. The topological polar surface area (TPSA) is 54.1 Å². The van der Waals surface area contributed by atoms with Gasteiger partial charge in [0.15, 0.2) is 88.7 Å². The molecule has 7 aromatic rings. The number of halogens is 20. The van der Waals surface area contributed by atoms with Crippen molar-refractivity contribution in [2.24, 2.45) is 0 Å². The number of nitrogens with zero attached hydrogens (tertiary/aromatic N) is 2. The molecule has 1 aromatic heterocycles. The molecule has 25 heteroatoms. The van der Waals surface area contributed by atoms with E-state index < -0.39 is 150 Å². The fourth-order valence-electron chi connectivity index (χ4n) is 7.16. The van der Waals surface area contributed by atoms with Crippen molar-refractivity contribution in [1.82, 2.24) is 4.98 Å². The molecule has 1 heterocycles. The van der Waals surface area contributed by atoms with Crippen LogP contribution in [0.5, 0.6) is 0 Å². The highest BCUT2D eigenvalue weighted by molar-refractivity contribution is 7.20. The second kappa shape index (κ2) is 18.4. The number of aromatic nitrogens is 2. The van der Waals surface area contributed by atoms with Crippen molar-refractivity contribution in [1.29, 1.82) is 0 Å². The minimum absolute atomic E-state index is 0.262. The van der Waals surface area contributed by atoms with Gasteiger partial charge in [-0.3, -0.25) is 0 Å². The number of hydrogen-bond acceptors (Lipinski definition) is 2. The maximum Gasteiger partial charge on any atom is 0.335 e. The lowest BCUT2D eigenvalue weighted by atomic mass is 9.12. The Labute approximate surface area is 359 Å². The van der Waals surface area contributed by atoms with Crippen LogP contribution in [0.4, 0.5) is 87.8 Å². The van der Waals surface area contributed by atoms with E-state index in [0.29, 0.717) is 0 Å². The SMILES string of the molecule is Fc1c(F)c(F)c([B-](c2c(F)c(F)c(F)c(F)c2F)(c2c(F)c(F)c(F)c(F)c2F)c2c(F)c(F)c(F)c(F)c2F)c(F)c1F.O=C(O)c1cccc(-c2c[n+](Cc3ccccc3)ccn2)c1. The molecule has 348 valence electrons. The summed E-state index contributed by atoms with van der Waals surface area (Å²) in [5.41, 5.74) is -11.3. The van der Waals surface area contributed by atoms with Crippen molar-refractivity contribution in [2.75, 3.05) is 0 Å². The molecule has 0 radical (unpaired) electrons. The van der Waals surface area contributed by atoms with Gasteiger partial charge in [0, 0.05) is 11.1 Å². The quantitative estimate of drug-likeness (QED) is 0.0546. The Morgan fingerprint density at radius 2 is 0.776 bits per heavy atom. The average molecular weight is 970 g/mol. The predicted octanol–water partition coefficient (Wildman–Crippen LogP) is 8.63.